The first-order valence-electron chi connectivity index (χ1n) is 7.45. The summed E-state index contributed by atoms with van der Waals surface area (Å²) >= 11 is 0. The van der Waals surface area contributed by atoms with Crippen LogP contribution in [0.3, 0.4) is 0 Å². The number of nitro groups is 1. The van der Waals surface area contributed by atoms with E-state index in [-0.39, 0.29) is 22.8 Å². The van der Waals surface area contributed by atoms with Crippen LogP contribution in [0.25, 0.3) is 0 Å². The molecule has 1 N–H and O–H groups in total. The zero-order valence-corrected chi connectivity index (χ0v) is 11.9. The van der Waals surface area contributed by atoms with E-state index in [1.54, 1.807) is 12.1 Å². The van der Waals surface area contributed by atoms with Gasteiger partial charge in [0.05, 0.1) is 17.1 Å². The fourth-order valence-corrected chi connectivity index (χ4v) is 3.55. The number of fused-ring (bicyclic) bond motifs is 3. The number of non-ortho nitro benzene ring substituents is 1. The lowest BCUT2D eigenvalue weighted by Gasteiger charge is -2.36. The number of nitrogens with zero attached hydrogens (tertiary/aromatic N) is 1. The summed E-state index contributed by atoms with van der Waals surface area (Å²) in [5.74, 6) is 0.358. The number of nitrogens with one attached hydrogen (secondary N) is 1. The van der Waals surface area contributed by atoms with Gasteiger partial charge in [-0.3, -0.25) is 10.1 Å². The first-order valence-corrected chi connectivity index (χ1v) is 7.45. The number of rotatable bonds is 2. The van der Waals surface area contributed by atoms with E-state index in [1.165, 1.54) is 5.56 Å². The highest BCUT2D eigenvalue weighted by Crippen LogP contribution is 2.49. The molecule has 0 saturated carbocycles. The molecule has 2 aliphatic heterocycles. The summed E-state index contributed by atoms with van der Waals surface area (Å²) in [6, 6.07) is 15.2. The molecular formula is C17H16N2O3. The molecule has 2 heterocycles. The van der Waals surface area contributed by atoms with E-state index in [1.807, 2.05) is 24.3 Å². The Morgan fingerprint density at radius 3 is 2.68 bits per heavy atom. The van der Waals surface area contributed by atoms with Gasteiger partial charge in [-0.2, -0.15) is 0 Å². The average molecular weight is 296 g/mol. The highest BCUT2D eigenvalue weighted by Gasteiger charge is 2.41. The van der Waals surface area contributed by atoms with Gasteiger partial charge < -0.3 is 10.1 Å². The van der Waals surface area contributed by atoms with Gasteiger partial charge in [0.2, 0.25) is 0 Å². The van der Waals surface area contributed by atoms with Crippen molar-refractivity contribution in [2.24, 2.45) is 5.92 Å². The van der Waals surface area contributed by atoms with Gasteiger partial charge >= 0.3 is 0 Å². The Kier molecular flexibility index (Phi) is 3.08. The molecule has 4 rings (SSSR count). The predicted molar refractivity (Wildman–Crippen MR) is 82.7 cm³/mol. The van der Waals surface area contributed by atoms with E-state index in [0.29, 0.717) is 5.92 Å². The minimum absolute atomic E-state index is 0.109. The molecule has 3 atom stereocenters. The summed E-state index contributed by atoms with van der Waals surface area (Å²) < 4.78 is 5.95. The molecule has 1 fully saturated rings. The number of benzene rings is 2. The Morgan fingerprint density at radius 1 is 1.14 bits per heavy atom. The summed E-state index contributed by atoms with van der Waals surface area (Å²) in [4.78, 5) is 10.4. The van der Waals surface area contributed by atoms with Crippen molar-refractivity contribution in [3.8, 4) is 0 Å². The molecule has 0 bridgehead atoms. The molecule has 0 spiro atoms. The Morgan fingerprint density at radius 2 is 1.91 bits per heavy atom. The van der Waals surface area contributed by atoms with Crippen LogP contribution in [0.4, 0.5) is 11.4 Å². The smallest absolute Gasteiger partial charge is 0.269 e. The summed E-state index contributed by atoms with van der Waals surface area (Å²) in [6.45, 7) is 0.759. The lowest BCUT2D eigenvalue weighted by atomic mass is 9.81. The lowest BCUT2D eigenvalue weighted by molar-refractivity contribution is -0.384. The zero-order valence-electron chi connectivity index (χ0n) is 11.9. The number of nitro benzene ring substituents is 1. The minimum atomic E-state index is -0.366. The monoisotopic (exact) mass is 296 g/mol. The van der Waals surface area contributed by atoms with Crippen molar-refractivity contribution in [3.05, 3.63) is 69.8 Å². The first-order chi connectivity index (χ1) is 10.7. The zero-order chi connectivity index (χ0) is 15.1. The topological polar surface area (TPSA) is 64.4 Å². The number of anilines is 1. The van der Waals surface area contributed by atoms with Crippen molar-refractivity contribution in [2.45, 2.75) is 18.6 Å². The van der Waals surface area contributed by atoms with E-state index in [0.717, 1.165) is 24.3 Å². The molecule has 1 saturated heterocycles. The molecule has 0 amide bonds. The van der Waals surface area contributed by atoms with Crippen molar-refractivity contribution >= 4 is 11.4 Å². The third-order valence-corrected chi connectivity index (χ3v) is 4.61. The van der Waals surface area contributed by atoms with E-state index in [2.05, 4.69) is 17.4 Å². The third kappa shape index (κ3) is 2.05. The summed E-state index contributed by atoms with van der Waals surface area (Å²) in [5.41, 5.74) is 3.50. The van der Waals surface area contributed by atoms with Gasteiger partial charge in [0.25, 0.3) is 5.69 Å². The normalized spacial score (nSPS) is 25.9. The minimum Gasteiger partial charge on any atom is -0.378 e. The number of hydrogen-bond donors (Lipinski definition) is 1. The van der Waals surface area contributed by atoms with Crippen molar-refractivity contribution < 1.29 is 9.66 Å². The van der Waals surface area contributed by atoms with Gasteiger partial charge in [-0.15, -0.1) is 0 Å². The molecule has 5 heteroatoms. The number of ether oxygens (including phenoxy) is 1. The molecule has 0 aromatic heterocycles. The van der Waals surface area contributed by atoms with Crippen LogP contribution < -0.4 is 5.32 Å². The van der Waals surface area contributed by atoms with Crippen LogP contribution in [0.1, 0.15) is 29.7 Å². The van der Waals surface area contributed by atoms with Gasteiger partial charge in [0.1, 0.15) is 0 Å². The van der Waals surface area contributed by atoms with Gasteiger partial charge in [0.15, 0.2) is 0 Å². The van der Waals surface area contributed by atoms with Crippen LogP contribution in [-0.4, -0.2) is 11.5 Å². The van der Waals surface area contributed by atoms with Crippen LogP contribution in [0.5, 0.6) is 0 Å². The molecule has 2 aromatic rings. The SMILES string of the molecule is O=[N+]([O-])c1ccc([C@@H]2Nc3ccccc3[C@@H]3OCC[C@H]23)cc1. The van der Waals surface area contributed by atoms with E-state index >= 15 is 0 Å². The second kappa shape index (κ2) is 5.10. The van der Waals surface area contributed by atoms with Crippen LogP contribution in [0.15, 0.2) is 48.5 Å². The fourth-order valence-electron chi connectivity index (χ4n) is 3.55. The second-order valence-electron chi connectivity index (χ2n) is 5.80. The van der Waals surface area contributed by atoms with E-state index in [9.17, 15) is 10.1 Å². The van der Waals surface area contributed by atoms with Crippen LogP contribution in [0.2, 0.25) is 0 Å². The highest BCUT2D eigenvalue weighted by molar-refractivity contribution is 5.57. The first kappa shape index (κ1) is 13.3. The third-order valence-electron chi connectivity index (χ3n) is 4.61. The second-order valence-corrected chi connectivity index (χ2v) is 5.80. The molecule has 0 radical (unpaired) electrons. The van der Waals surface area contributed by atoms with Crippen LogP contribution >= 0.6 is 0 Å². The standard InChI is InChI=1S/C17H16N2O3/c20-19(21)12-7-5-11(6-8-12)16-14-9-10-22-17(14)13-3-1-2-4-15(13)18-16/h1-8,14,16-18H,9-10H2/t14-,16+,17+/m1/s1. The summed E-state index contributed by atoms with van der Waals surface area (Å²) in [7, 11) is 0. The molecule has 2 aromatic carbocycles. The van der Waals surface area contributed by atoms with Crippen LogP contribution in [-0.2, 0) is 4.74 Å². The maximum atomic E-state index is 10.8. The Bertz CT molecular complexity index is 714. The van der Waals surface area contributed by atoms with Gasteiger partial charge in [-0.1, -0.05) is 30.3 Å². The average Bonchev–Trinajstić information content (AvgIpc) is 3.04. The molecule has 2 aliphatic rings. The largest absolute Gasteiger partial charge is 0.378 e. The summed E-state index contributed by atoms with van der Waals surface area (Å²) in [6.07, 6.45) is 1.10. The van der Waals surface area contributed by atoms with Crippen molar-refractivity contribution in [2.75, 3.05) is 11.9 Å². The van der Waals surface area contributed by atoms with Crippen LogP contribution in [0, 0.1) is 16.0 Å². The Labute approximate surface area is 128 Å². The van der Waals surface area contributed by atoms with Gasteiger partial charge in [-0.25, -0.2) is 0 Å². The van der Waals surface area contributed by atoms with Crippen molar-refractivity contribution in [1.82, 2.24) is 0 Å². The lowest BCUT2D eigenvalue weighted by Crippen LogP contribution is -2.29. The van der Waals surface area contributed by atoms with E-state index < -0.39 is 0 Å². The Hall–Kier alpha value is -2.40. The van der Waals surface area contributed by atoms with Gasteiger partial charge in [0, 0.05) is 35.9 Å². The summed E-state index contributed by atoms with van der Waals surface area (Å²) in [5, 5.41) is 14.4. The molecule has 0 aliphatic carbocycles. The predicted octanol–water partition coefficient (Wildman–Crippen LogP) is 3.84. The molecule has 0 unspecified atom stereocenters. The molecule has 112 valence electrons. The number of hydrogen-bond acceptors (Lipinski definition) is 4. The van der Waals surface area contributed by atoms with Gasteiger partial charge in [-0.05, 0) is 18.1 Å². The molecular weight excluding hydrogens is 280 g/mol. The fraction of sp³-hybridized carbons (Fsp3) is 0.294. The maximum absolute atomic E-state index is 10.8. The maximum Gasteiger partial charge on any atom is 0.269 e. The number of para-hydroxylation sites is 1. The quantitative estimate of drug-likeness (QED) is 0.675. The van der Waals surface area contributed by atoms with Crippen molar-refractivity contribution in [1.29, 1.82) is 0 Å². The van der Waals surface area contributed by atoms with Crippen molar-refractivity contribution in [3.63, 3.8) is 0 Å². The van der Waals surface area contributed by atoms with E-state index in [4.69, 9.17) is 4.74 Å². The Balaban J connectivity index is 1.71. The molecule has 5 nitrogen and oxygen atoms in total. The molecule has 22 heavy (non-hydrogen) atoms. The highest BCUT2D eigenvalue weighted by atomic mass is 16.6.